The Hall–Kier alpha value is -5.95. The van der Waals surface area contributed by atoms with Gasteiger partial charge in [0.2, 0.25) is 15.7 Å². The number of nitrogens with one attached hydrogen (secondary N) is 2. The molecule has 1 amide bonds. The maximum absolute atomic E-state index is 16.0. The highest BCUT2D eigenvalue weighted by atomic mass is 32.2. The number of fused-ring (bicyclic) bond motifs is 4. The fourth-order valence-electron chi connectivity index (χ4n) is 12.0. The number of nitrogens with two attached hydrogens (primary N) is 1. The lowest BCUT2D eigenvalue weighted by Crippen LogP contribution is -2.55. The number of benzene rings is 3. The van der Waals surface area contributed by atoms with Crippen LogP contribution in [0.2, 0.25) is 0 Å². The molecule has 2 aromatic heterocycles. The molecule has 364 valence electrons. The number of nitro benzene ring substituents is 1. The molecule has 1 aliphatic carbocycles. The van der Waals surface area contributed by atoms with Gasteiger partial charge in [0.25, 0.3) is 11.6 Å². The van der Waals surface area contributed by atoms with Crippen molar-refractivity contribution in [2.75, 3.05) is 61.2 Å². The van der Waals surface area contributed by atoms with Crippen LogP contribution in [0.5, 0.6) is 11.6 Å². The number of hydrogen-bond donors (Lipinski definition) is 3. The molecule has 4 atom stereocenters. The van der Waals surface area contributed by atoms with E-state index in [4.69, 9.17) is 29.7 Å². The van der Waals surface area contributed by atoms with Gasteiger partial charge >= 0.3 is 0 Å². The third-order valence-corrected chi connectivity index (χ3v) is 17.2. The number of hydrogen-bond acceptors (Lipinski definition) is 14. The molecular weight excluding hydrogens is 901 g/mol. The third-order valence-electron chi connectivity index (χ3n) is 15.4. The Morgan fingerprint density at radius 1 is 1.01 bits per heavy atom. The number of nitro groups is 1. The number of piperidine rings is 1. The van der Waals surface area contributed by atoms with Crippen LogP contribution in [0, 0.1) is 15.5 Å². The minimum absolute atomic E-state index is 0.0186. The first kappa shape index (κ1) is 45.5. The number of ether oxygens (including phenoxy) is 4. The van der Waals surface area contributed by atoms with Gasteiger partial charge < -0.3 is 44.8 Å². The van der Waals surface area contributed by atoms with Gasteiger partial charge in [-0.3, -0.25) is 19.8 Å². The van der Waals surface area contributed by atoms with E-state index in [0.29, 0.717) is 48.1 Å². The highest BCUT2D eigenvalue weighted by Crippen LogP contribution is 2.56. The van der Waals surface area contributed by atoms with Crippen LogP contribution in [0.4, 0.5) is 28.4 Å². The molecule has 69 heavy (non-hydrogen) atoms. The number of sulfone groups is 1. The van der Waals surface area contributed by atoms with E-state index < -0.39 is 44.5 Å². The zero-order valence-electron chi connectivity index (χ0n) is 39.5. The van der Waals surface area contributed by atoms with Crippen LogP contribution in [0.15, 0.2) is 76.7 Å². The van der Waals surface area contributed by atoms with Crippen molar-refractivity contribution in [3.8, 4) is 11.6 Å². The first-order valence-corrected chi connectivity index (χ1v) is 25.8. The second-order valence-corrected chi connectivity index (χ2v) is 22.3. The van der Waals surface area contributed by atoms with Crippen LogP contribution in [0.25, 0.3) is 11.0 Å². The van der Waals surface area contributed by atoms with Gasteiger partial charge in [0, 0.05) is 48.9 Å². The molecule has 3 saturated heterocycles. The molecule has 0 radical (unpaired) electrons. The van der Waals surface area contributed by atoms with E-state index in [9.17, 15) is 14.9 Å². The first-order valence-electron chi connectivity index (χ1n) is 24.4. The fraction of sp³-hybridized carbons (Fsp3) is 0.490. The third kappa shape index (κ3) is 7.92. The second kappa shape index (κ2) is 17.5. The Balaban J connectivity index is 0.995. The van der Waals surface area contributed by atoms with Crippen molar-refractivity contribution in [2.45, 2.75) is 118 Å². The maximum Gasteiger partial charge on any atom is 0.297 e. The van der Waals surface area contributed by atoms with Gasteiger partial charge in [0.1, 0.15) is 28.9 Å². The Labute approximate surface area is 401 Å². The molecule has 4 N–H and O–H groups in total. The van der Waals surface area contributed by atoms with Crippen LogP contribution < -0.4 is 30.3 Å². The summed E-state index contributed by atoms with van der Waals surface area (Å²) in [6.45, 7) is 11.2. The lowest BCUT2D eigenvalue weighted by molar-refractivity contribution is -0.384. The number of nitrogens with zero attached hydrogens (tertiary/aromatic N) is 5. The second-order valence-electron chi connectivity index (χ2n) is 20.4. The summed E-state index contributed by atoms with van der Waals surface area (Å²) in [7, 11) is -4.77. The highest BCUT2D eigenvalue weighted by Gasteiger charge is 2.51. The van der Waals surface area contributed by atoms with Crippen LogP contribution in [0.3, 0.4) is 0 Å². The lowest BCUT2D eigenvalue weighted by Gasteiger charge is -2.56. The number of aromatic amines is 1. The molecular formula is C51H60N8O9S. The Kier molecular flexibility index (Phi) is 11.5. The summed E-state index contributed by atoms with van der Waals surface area (Å²) in [6, 6.07) is 18.1. The number of rotatable bonds is 12. The molecule has 17 nitrogen and oxygen atoms in total. The van der Waals surface area contributed by atoms with Crippen molar-refractivity contribution in [3.63, 3.8) is 0 Å². The van der Waals surface area contributed by atoms with Crippen molar-refractivity contribution in [1.29, 1.82) is 0 Å². The quantitative estimate of drug-likeness (QED) is 0.0800. The van der Waals surface area contributed by atoms with E-state index in [1.165, 1.54) is 23.6 Å². The summed E-state index contributed by atoms with van der Waals surface area (Å²) in [6.07, 6.45) is 7.25. The molecule has 4 fully saturated rings. The lowest BCUT2D eigenvalue weighted by atomic mass is 9.59. The molecule has 0 bridgehead atoms. The Bertz CT molecular complexity index is 2940. The number of likely N-dealkylation sites (tertiary alicyclic amines) is 1. The molecule has 5 aliphatic heterocycles. The summed E-state index contributed by atoms with van der Waals surface area (Å²) < 4.78 is 56.3. The number of amides is 1. The number of carbonyl (C=O) groups excluding carboxylic acids is 1. The van der Waals surface area contributed by atoms with E-state index >= 15 is 8.42 Å². The Morgan fingerprint density at radius 3 is 2.57 bits per heavy atom. The summed E-state index contributed by atoms with van der Waals surface area (Å²) in [5, 5.41) is 16.8. The topological polar surface area (TPSA) is 208 Å². The minimum Gasteiger partial charge on any atom is -0.489 e. The van der Waals surface area contributed by atoms with E-state index in [1.54, 1.807) is 23.2 Å². The summed E-state index contributed by atoms with van der Waals surface area (Å²) in [4.78, 5) is 40.1. The van der Waals surface area contributed by atoms with Crippen molar-refractivity contribution >= 4 is 55.2 Å². The number of pyridine rings is 1. The van der Waals surface area contributed by atoms with Gasteiger partial charge in [-0.25, -0.2) is 8.42 Å². The maximum atomic E-state index is 16.0. The SMILES string of the molecule is CC(C)OC[C@@H]1COc2cc(S(=O)(=O)c3c(N4CCC5(CC4)CC(N4CCC[C@H]4c4ccccc4C(C)C)C5)ccc(C(N)=O)c3N3c4cc5cc[nH]c5nc4O[C@H]4COC[C@@H]43)cc([N+](=O)[O-])c2N1. The predicted molar refractivity (Wildman–Crippen MR) is 261 cm³/mol. The van der Waals surface area contributed by atoms with Crippen LogP contribution in [-0.2, 0) is 19.3 Å². The van der Waals surface area contributed by atoms with E-state index in [-0.39, 0.29) is 76.3 Å². The van der Waals surface area contributed by atoms with Crippen molar-refractivity contribution in [1.82, 2.24) is 14.9 Å². The zero-order chi connectivity index (χ0) is 47.9. The fourth-order valence-corrected chi connectivity index (χ4v) is 13.7. The number of carbonyl (C=O) groups is 1. The smallest absolute Gasteiger partial charge is 0.297 e. The minimum atomic E-state index is -4.77. The molecule has 7 heterocycles. The van der Waals surface area contributed by atoms with E-state index in [2.05, 4.69) is 58.2 Å². The largest absolute Gasteiger partial charge is 0.489 e. The van der Waals surface area contributed by atoms with Crippen LogP contribution in [-0.4, -0.2) is 111 Å². The normalized spacial score (nSPS) is 23.3. The Morgan fingerprint density at radius 2 is 1.81 bits per heavy atom. The van der Waals surface area contributed by atoms with Gasteiger partial charge in [0.05, 0.1) is 64.8 Å². The summed E-state index contributed by atoms with van der Waals surface area (Å²) >= 11 is 0. The first-order chi connectivity index (χ1) is 33.2. The van der Waals surface area contributed by atoms with Gasteiger partial charge in [0.15, 0.2) is 11.4 Å². The molecule has 11 rings (SSSR count). The number of primary amides is 1. The van der Waals surface area contributed by atoms with Crippen molar-refractivity contribution < 1.29 is 37.1 Å². The monoisotopic (exact) mass is 960 g/mol. The van der Waals surface area contributed by atoms with Gasteiger partial charge in [-0.15, -0.1) is 0 Å². The molecule has 3 aromatic carbocycles. The molecule has 18 heteroatoms. The molecule has 5 aromatic rings. The van der Waals surface area contributed by atoms with E-state index in [0.717, 1.165) is 50.1 Å². The highest BCUT2D eigenvalue weighted by molar-refractivity contribution is 7.91. The van der Waals surface area contributed by atoms with Gasteiger partial charge in [-0.1, -0.05) is 38.1 Å². The summed E-state index contributed by atoms with van der Waals surface area (Å²) in [5.74, 6) is -0.154. The average Bonchev–Trinajstić information content (AvgIpc) is 4.12. The standard InChI is InChI=1S/C51H60N8O9S/c1-29(2)35-8-5-6-9-36(35)38-10-7-17-57(38)33-23-51(24-33)14-18-56(19-15-51)39-12-11-37(48(52)60)46(58-41-20-31-13-16-53-49(31)55-50(41)68-44-28-65-27-42(44)58)47(39)69(63,64)34-21-40(59(61)62)45-43(22-34)67-26-32(54-45)25-66-30(3)4/h5-6,8-9,11-13,16,20-22,29-30,32-33,38,42,44,54H,7,10,14-15,17-19,23-28H2,1-4H3,(H2,52,60)(H,53,55)/t32-,38+,42+,44+/m1/s1. The molecule has 6 aliphatic rings. The van der Waals surface area contributed by atoms with Gasteiger partial charge in [-0.2, -0.15) is 4.98 Å². The average molecular weight is 961 g/mol. The molecule has 1 spiro atoms. The van der Waals surface area contributed by atoms with Crippen molar-refractivity contribution in [2.24, 2.45) is 11.1 Å². The molecule has 0 unspecified atom stereocenters. The van der Waals surface area contributed by atoms with E-state index in [1.807, 2.05) is 26.0 Å². The van der Waals surface area contributed by atoms with Crippen LogP contribution >= 0.6 is 0 Å². The zero-order valence-corrected chi connectivity index (χ0v) is 40.3. The predicted octanol–water partition coefficient (Wildman–Crippen LogP) is 8.01. The summed E-state index contributed by atoms with van der Waals surface area (Å²) in [5.41, 5.74) is 10.2. The van der Waals surface area contributed by atoms with Crippen molar-refractivity contribution in [3.05, 3.63) is 93.7 Å². The number of H-pyrrole nitrogens is 1. The number of anilines is 4. The van der Waals surface area contributed by atoms with Crippen LogP contribution in [0.1, 0.15) is 99.7 Å². The number of aromatic nitrogens is 2. The van der Waals surface area contributed by atoms with Gasteiger partial charge in [-0.05, 0) is 106 Å². The molecule has 1 saturated carbocycles.